The van der Waals surface area contributed by atoms with Gasteiger partial charge in [-0.15, -0.1) is 0 Å². The zero-order valence-corrected chi connectivity index (χ0v) is 12.0. The van der Waals surface area contributed by atoms with Crippen LogP contribution in [0.5, 0.6) is 0 Å². The first-order valence-corrected chi connectivity index (χ1v) is 7.67. The van der Waals surface area contributed by atoms with Crippen molar-refractivity contribution < 1.29 is 0 Å². The molecule has 3 nitrogen and oxygen atoms in total. The molecule has 20 heavy (non-hydrogen) atoms. The molecule has 104 valence electrons. The molecule has 2 aliphatic heterocycles. The highest BCUT2D eigenvalue weighted by Gasteiger charge is 2.35. The molecule has 0 radical (unpaired) electrons. The Balaban J connectivity index is 1.84. The molecule has 0 amide bonds. The van der Waals surface area contributed by atoms with E-state index in [1.807, 2.05) is 0 Å². The molecule has 1 aromatic carbocycles. The van der Waals surface area contributed by atoms with Crippen LogP contribution in [0.15, 0.2) is 30.3 Å². The standard InChI is InChI=1S/C17H21N3/c1-12-9-16(14-6-2-3-7-15(14)19-12)20-8-4-5-13-10-18-11-17(13)20/h2-3,6-7,9,13,17-18H,4-5,8,10-11H2,1H3. The largest absolute Gasteiger partial charge is 0.366 e. The molecule has 0 bridgehead atoms. The fraction of sp³-hybridized carbons (Fsp3) is 0.471. The lowest BCUT2D eigenvalue weighted by Crippen LogP contribution is -2.45. The third-order valence-corrected chi connectivity index (χ3v) is 4.81. The predicted octanol–water partition coefficient (Wildman–Crippen LogP) is 2.73. The first-order chi connectivity index (χ1) is 9.83. The Morgan fingerprint density at radius 1 is 1.25 bits per heavy atom. The van der Waals surface area contributed by atoms with Gasteiger partial charge >= 0.3 is 0 Å². The Morgan fingerprint density at radius 2 is 2.15 bits per heavy atom. The maximum atomic E-state index is 4.67. The monoisotopic (exact) mass is 267 g/mol. The van der Waals surface area contributed by atoms with Gasteiger partial charge in [0.2, 0.25) is 0 Å². The molecule has 0 spiro atoms. The Kier molecular flexibility index (Phi) is 2.88. The number of anilines is 1. The van der Waals surface area contributed by atoms with Gasteiger partial charge in [0.25, 0.3) is 0 Å². The molecule has 0 aliphatic carbocycles. The van der Waals surface area contributed by atoms with Gasteiger partial charge in [-0.1, -0.05) is 18.2 Å². The van der Waals surface area contributed by atoms with Gasteiger partial charge in [0.1, 0.15) is 0 Å². The summed E-state index contributed by atoms with van der Waals surface area (Å²) in [6, 6.07) is 11.5. The first kappa shape index (κ1) is 12.2. The van der Waals surface area contributed by atoms with Gasteiger partial charge in [0.05, 0.1) is 5.52 Å². The van der Waals surface area contributed by atoms with E-state index in [0.29, 0.717) is 6.04 Å². The molecule has 1 N–H and O–H groups in total. The number of para-hydroxylation sites is 1. The molecule has 3 heteroatoms. The summed E-state index contributed by atoms with van der Waals surface area (Å²) in [4.78, 5) is 7.30. The van der Waals surface area contributed by atoms with Crippen molar-refractivity contribution in [3.8, 4) is 0 Å². The Hall–Kier alpha value is -1.61. The number of aryl methyl sites for hydroxylation is 1. The number of hydrogen-bond acceptors (Lipinski definition) is 3. The van der Waals surface area contributed by atoms with Gasteiger partial charge in [-0.25, -0.2) is 0 Å². The van der Waals surface area contributed by atoms with Crippen molar-refractivity contribution in [2.75, 3.05) is 24.5 Å². The van der Waals surface area contributed by atoms with Crippen molar-refractivity contribution in [1.29, 1.82) is 0 Å². The van der Waals surface area contributed by atoms with Gasteiger partial charge in [-0.2, -0.15) is 0 Å². The number of benzene rings is 1. The van der Waals surface area contributed by atoms with Crippen molar-refractivity contribution in [2.45, 2.75) is 25.8 Å². The number of nitrogens with one attached hydrogen (secondary N) is 1. The van der Waals surface area contributed by atoms with Gasteiger partial charge in [-0.05, 0) is 37.8 Å². The lowest BCUT2D eigenvalue weighted by atomic mass is 9.91. The summed E-state index contributed by atoms with van der Waals surface area (Å²) >= 11 is 0. The Labute approximate surface area is 120 Å². The van der Waals surface area contributed by atoms with Crippen LogP contribution in [0, 0.1) is 12.8 Å². The predicted molar refractivity (Wildman–Crippen MR) is 83.2 cm³/mol. The molecule has 0 saturated carbocycles. The fourth-order valence-corrected chi connectivity index (χ4v) is 3.89. The number of rotatable bonds is 1. The van der Waals surface area contributed by atoms with Crippen LogP contribution in [-0.2, 0) is 0 Å². The van der Waals surface area contributed by atoms with Crippen LogP contribution in [0.4, 0.5) is 5.69 Å². The third-order valence-electron chi connectivity index (χ3n) is 4.81. The molecule has 2 fully saturated rings. The lowest BCUT2D eigenvalue weighted by molar-refractivity contribution is 0.386. The molecular formula is C17H21N3. The number of nitrogens with zero attached hydrogens (tertiary/aromatic N) is 2. The van der Waals surface area contributed by atoms with Crippen LogP contribution < -0.4 is 10.2 Å². The van der Waals surface area contributed by atoms with Crippen LogP contribution in [0.1, 0.15) is 18.5 Å². The summed E-state index contributed by atoms with van der Waals surface area (Å²) in [7, 11) is 0. The van der Waals surface area contributed by atoms with Crippen LogP contribution in [0.25, 0.3) is 10.9 Å². The second-order valence-corrected chi connectivity index (χ2v) is 6.12. The minimum Gasteiger partial charge on any atom is -0.366 e. The van der Waals surface area contributed by atoms with E-state index in [-0.39, 0.29) is 0 Å². The second kappa shape index (κ2) is 4.74. The van der Waals surface area contributed by atoms with Crippen molar-refractivity contribution in [3.63, 3.8) is 0 Å². The van der Waals surface area contributed by atoms with Crippen LogP contribution in [-0.4, -0.2) is 30.7 Å². The second-order valence-electron chi connectivity index (χ2n) is 6.12. The summed E-state index contributed by atoms with van der Waals surface area (Å²) in [5.41, 5.74) is 3.62. The number of fused-ring (bicyclic) bond motifs is 2. The number of piperidine rings is 1. The highest BCUT2D eigenvalue weighted by molar-refractivity contribution is 5.92. The zero-order chi connectivity index (χ0) is 13.5. The smallest absolute Gasteiger partial charge is 0.0726 e. The van der Waals surface area contributed by atoms with E-state index in [4.69, 9.17) is 0 Å². The normalized spacial score (nSPS) is 25.9. The molecule has 2 saturated heterocycles. The summed E-state index contributed by atoms with van der Waals surface area (Å²) in [5, 5.41) is 4.87. The topological polar surface area (TPSA) is 28.2 Å². The van der Waals surface area contributed by atoms with E-state index in [1.54, 1.807) is 0 Å². The van der Waals surface area contributed by atoms with Crippen molar-refractivity contribution in [2.24, 2.45) is 5.92 Å². The fourth-order valence-electron chi connectivity index (χ4n) is 3.89. The van der Waals surface area contributed by atoms with Gasteiger partial charge in [0, 0.05) is 42.4 Å². The van der Waals surface area contributed by atoms with Crippen molar-refractivity contribution >= 4 is 16.6 Å². The minimum absolute atomic E-state index is 0.661. The molecule has 1 aromatic heterocycles. The van der Waals surface area contributed by atoms with Crippen LogP contribution in [0.2, 0.25) is 0 Å². The Morgan fingerprint density at radius 3 is 3.10 bits per heavy atom. The average Bonchev–Trinajstić information content (AvgIpc) is 2.94. The number of aromatic nitrogens is 1. The quantitative estimate of drug-likeness (QED) is 0.861. The highest BCUT2D eigenvalue weighted by atomic mass is 15.2. The molecule has 3 heterocycles. The minimum atomic E-state index is 0.661. The average molecular weight is 267 g/mol. The summed E-state index contributed by atoms with van der Waals surface area (Å²) in [6.45, 7) is 5.59. The van der Waals surface area contributed by atoms with E-state index < -0.39 is 0 Å². The highest BCUT2D eigenvalue weighted by Crippen LogP contribution is 2.35. The Bertz CT molecular complexity index is 637. The molecule has 2 atom stereocenters. The third kappa shape index (κ3) is 1.88. The zero-order valence-electron chi connectivity index (χ0n) is 12.0. The van der Waals surface area contributed by atoms with Crippen LogP contribution >= 0.6 is 0 Å². The first-order valence-electron chi connectivity index (χ1n) is 7.67. The lowest BCUT2D eigenvalue weighted by Gasteiger charge is -2.39. The van der Waals surface area contributed by atoms with E-state index in [2.05, 4.69) is 52.5 Å². The van der Waals surface area contributed by atoms with E-state index in [0.717, 1.165) is 23.7 Å². The molecule has 2 aromatic rings. The van der Waals surface area contributed by atoms with Crippen molar-refractivity contribution in [3.05, 3.63) is 36.0 Å². The summed E-state index contributed by atoms with van der Waals surface area (Å²) < 4.78 is 0. The number of hydrogen-bond donors (Lipinski definition) is 1. The molecular weight excluding hydrogens is 246 g/mol. The SMILES string of the molecule is Cc1cc(N2CCCC3CNCC32)c2ccccc2n1. The van der Waals surface area contributed by atoms with Gasteiger partial charge < -0.3 is 10.2 Å². The number of pyridine rings is 1. The molecule has 4 rings (SSSR count). The van der Waals surface area contributed by atoms with E-state index in [1.165, 1.54) is 37.0 Å². The van der Waals surface area contributed by atoms with E-state index >= 15 is 0 Å². The summed E-state index contributed by atoms with van der Waals surface area (Å²) in [5.74, 6) is 0.816. The van der Waals surface area contributed by atoms with E-state index in [9.17, 15) is 0 Å². The van der Waals surface area contributed by atoms with Crippen LogP contribution in [0.3, 0.4) is 0 Å². The molecule has 2 unspecified atom stereocenters. The summed E-state index contributed by atoms with van der Waals surface area (Å²) in [6.07, 6.45) is 2.68. The van der Waals surface area contributed by atoms with Gasteiger partial charge in [-0.3, -0.25) is 4.98 Å². The van der Waals surface area contributed by atoms with Crippen molar-refractivity contribution in [1.82, 2.24) is 10.3 Å². The maximum absolute atomic E-state index is 4.67. The van der Waals surface area contributed by atoms with Gasteiger partial charge in [0.15, 0.2) is 0 Å². The molecule has 2 aliphatic rings. The maximum Gasteiger partial charge on any atom is 0.0726 e.